The molecule has 1 unspecified atom stereocenters. The standard InChI is InChI=1S/C23H31N3O2.HI/c1-3-24-23(25-13-11-20-9-10-21(28-2)16-22(20)27)26-14-12-19(17-26)15-18-7-5-4-6-8-18;/h4-10,16,19,27H,3,11-15,17H2,1-2H3,(H,24,25);1H. The molecular weight excluding hydrogens is 477 g/mol. The van der Waals surface area contributed by atoms with E-state index in [1.807, 2.05) is 12.1 Å². The predicted octanol–water partition coefficient (Wildman–Crippen LogP) is 4.09. The molecule has 1 aliphatic heterocycles. The number of aromatic hydroxyl groups is 1. The molecule has 0 saturated carbocycles. The lowest BCUT2D eigenvalue weighted by Crippen LogP contribution is -2.40. The van der Waals surface area contributed by atoms with Gasteiger partial charge in [0.1, 0.15) is 11.5 Å². The summed E-state index contributed by atoms with van der Waals surface area (Å²) in [7, 11) is 1.60. The van der Waals surface area contributed by atoms with Crippen LogP contribution in [0.1, 0.15) is 24.5 Å². The van der Waals surface area contributed by atoms with Crippen LogP contribution in [-0.2, 0) is 12.8 Å². The lowest BCUT2D eigenvalue weighted by atomic mass is 9.99. The van der Waals surface area contributed by atoms with Crippen LogP contribution in [0, 0.1) is 5.92 Å². The Labute approximate surface area is 191 Å². The van der Waals surface area contributed by atoms with Crippen molar-refractivity contribution in [3.63, 3.8) is 0 Å². The third kappa shape index (κ3) is 6.80. The van der Waals surface area contributed by atoms with Gasteiger partial charge < -0.3 is 20.1 Å². The van der Waals surface area contributed by atoms with Crippen LogP contribution in [0.2, 0.25) is 0 Å². The van der Waals surface area contributed by atoms with E-state index in [1.165, 1.54) is 12.0 Å². The minimum absolute atomic E-state index is 0. The van der Waals surface area contributed by atoms with Crippen molar-refractivity contribution in [3.8, 4) is 11.5 Å². The van der Waals surface area contributed by atoms with Crippen molar-refractivity contribution in [1.82, 2.24) is 10.2 Å². The number of halogens is 1. The van der Waals surface area contributed by atoms with E-state index in [1.54, 1.807) is 13.2 Å². The number of phenols is 1. The van der Waals surface area contributed by atoms with Crippen LogP contribution in [0.5, 0.6) is 11.5 Å². The number of methoxy groups -OCH3 is 1. The molecule has 6 heteroatoms. The van der Waals surface area contributed by atoms with Gasteiger partial charge in [0, 0.05) is 32.2 Å². The second kappa shape index (κ2) is 11.9. The molecule has 1 fully saturated rings. The molecular formula is C23H32IN3O2. The van der Waals surface area contributed by atoms with Gasteiger partial charge in [-0.15, -0.1) is 24.0 Å². The van der Waals surface area contributed by atoms with E-state index in [2.05, 4.69) is 47.5 Å². The zero-order valence-electron chi connectivity index (χ0n) is 17.3. The van der Waals surface area contributed by atoms with Crippen molar-refractivity contribution in [2.45, 2.75) is 26.2 Å². The molecule has 29 heavy (non-hydrogen) atoms. The zero-order chi connectivity index (χ0) is 19.8. The van der Waals surface area contributed by atoms with Gasteiger partial charge in [-0.2, -0.15) is 0 Å². The average Bonchev–Trinajstić information content (AvgIpc) is 3.17. The number of hydrogen-bond donors (Lipinski definition) is 2. The van der Waals surface area contributed by atoms with Crippen molar-refractivity contribution < 1.29 is 9.84 Å². The van der Waals surface area contributed by atoms with Gasteiger partial charge in [-0.05, 0) is 49.3 Å². The van der Waals surface area contributed by atoms with Crippen molar-refractivity contribution in [2.75, 3.05) is 33.3 Å². The summed E-state index contributed by atoms with van der Waals surface area (Å²) in [6.07, 6.45) is 3.01. The van der Waals surface area contributed by atoms with Crippen LogP contribution >= 0.6 is 24.0 Å². The molecule has 0 amide bonds. The summed E-state index contributed by atoms with van der Waals surface area (Å²) in [4.78, 5) is 7.17. The summed E-state index contributed by atoms with van der Waals surface area (Å²) in [5.41, 5.74) is 2.30. The number of nitrogens with one attached hydrogen (secondary N) is 1. The summed E-state index contributed by atoms with van der Waals surface area (Å²) >= 11 is 0. The van der Waals surface area contributed by atoms with Gasteiger partial charge in [0.05, 0.1) is 7.11 Å². The number of likely N-dealkylation sites (tertiary alicyclic amines) is 1. The Bertz CT molecular complexity index is 783. The van der Waals surface area contributed by atoms with Gasteiger partial charge in [0.15, 0.2) is 5.96 Å². The van der Waals surface area contributed by atoms with E-state index in [4.69, 9.17) is 9.73 Å². The second-order valence-electron chi connectivity index (χ2n) is 7.27. The monoisotopic (exact) mass is 509 g/mol. The highest BCUT2D eigenvalue weighted by atomic mass is 127. The number of benzene rings is 2. The highest BCUT2D eigenvalue weighted by molar-refractivity contribution is 14.0. The minimum Gasteiger partial charge on any atom is -0.508 e. The maximum atomic E-state index is 10.1. The topological polar surface area (TPSA) is 57.1 Å². The highest BCUT2D eigenvalue weighted by Crippen LogP contribution is 2.24. The fourth-order valence-electron chi connectivity index (χ4n) is 3.73. The number of phenolic OH excluding ortho intramolecular Hbond substituents is 1. The summed E-state index contributed by atoms with van der Waals surface area (Å²) in [6, 6.07) is 16.2. The van der Waals surface area contributed by atoms with Gasteiger partial charge in [-0.3, -0.25) is 4.99 Å². The number of nitrogens with zero attached hydrogens (tertiary/aromatic N) is 2. The number of ether oxygens (including phenoxy) is 1. The molecule has 1 heterocycles. The van der Waals surface area contributed by atoms with Gasteiger partial charge in [0.2, 0.25) is 0 Å². The van der Waals surface area contributed by atoms with E-state index < -0.39 is 0 Å². The maximum Gasteiger partial charge on any atom is 0.193 e. The molecule has 0 radical (unpaired) electrons. The minimum atomic E-state index is 0. The molecule has 2 aromatic rings. The average molecular weight is 509 g/mol. The first-order chi connectivity index (χ1) is 13.7. The molecule has 5 nitrogen and oxygen atoms in total. The van der Waals surface area contributed by atoms with E-state index in [0.717, 1.165) is 37.6 Å². The first-order valence-corrected chi connectivity index (χ1v) is 10.1. The van der Waals surface area contributed by atoms with Crippen molar-refractivity contribution >= 4 is 29.9 Å². The van der Waals surface area contributed by atoms with E-state index >= 15 is 0 Å². The largest absolute Gasteiger partial charge is 0.508 e. The molecule has 3 rings (SSSR count). The number of rotatable bonds is 7. The third-order valence-electron chi connectivity index (χ3n) is 5.22. The fraction of sp³-hybridized carbons (Fsp3) is 0.435. The van der Waals surface area contributed by atoms with E-state index in [9.17, 15) is 5.11 Å². The Kier molecular flexibility index (Phi) is 9.57. The summed E-state index contributed by atoms with van der Waals surface area (Å²) < 4.78 is 5.14. The summed E-state index contributed by atoms with van der Waals surface area (Å²) in [5, 5.41) is 13.5. The maximum absolute atomic E-state index is 10.1. The molecule has 0 bridgehead atoms. The van der Waals surface area contributed by atoms with Gasteiger partial charge in [0.25, 0.3) is 0 Å². The van der Waals surface area contributed by atoms with Crippen molar-refractivity contribution in [3.05, 3.63) is 59.7 Å². The zero-order valence-corrected chi connectivity index (χ0v) is 19.6. The smallest absolute Gasteiger partial charge is 0.193 e. The van der Waals surface area contributed by atoms with Crippen LogP contribution in [-0.4, -0.2) is 49.3 Å². The first-order valence-electron chi connectivity index (χ1n) is 10.1. The lowest BCUT2D eigenvalue weighted by Gasteiger charge is -2.22. The molecule has 1 aliphatic rings. The van der Waals surface area contributed by atoms with E-state index in [0.29, 0.717) is 24.6 Å². The van der Waals surface area contributed by atoms with Crippen molar-refractivity contribution in [2.24, 2.45) is 10.9 Å². The normalized spacial score (nSPS) is 16.4. The number of aliphatic imine (C=N–C) groups is 1. The fourth-order valence-corrected chi connectivity index (χ4v) is 3.73. The van der Waals surface area contributed by atoms with Gasteiger partial charge in [-0.25, -0.2) is 0 Å². The third-order valence-corrected chi connectivity index (χ3v) is 5.22. The predicted molar refractivity (Wildman–Crippen MR) is 130 cm³/mol. The van der Waals surface area contributed by atoms with Crippen LogP contribution < -0.4 is 10.1 Å². The molecule has 1 atom stereocenters. The summed E-state index contributed by atoms with van der Waals surface area (Å²) in [6.45, 7) is 5.67. The van der Waals surface area contributed by atoms with Crippen LogP contribution in [0.15, 0.2) is 53.5 Å². The first kappa shape index (κ1) is 23.3. The Morgan fingerprint density at radius 3 is 2.72 bits per heavy atom. The molecule has 2 N–H and O–H groups in total. The van der Waals surface area contributed by atoms with Crippen LogP contribution in [0.4, 0.5) is 0 Å². The SMILES string of the molecule is CCNC(=NCCc1ccc(OC)cc1O)N1CCC(Cc2ccccc2)C1.I. The Balaban J connectivity index is 0.00000300. The van der Waals surface area contributed by atoms with Crippen LogP contribution in [0.3, 0.4) is 0 Å². The Hall–Kier alpha value is -1.96. The highest BCUT2D eigenvalue weighted by Gasteiger charge is 2.24. The lowest BCUT2D eigenvalue weighted by molar-refractivity contribution is 0.406. The Morgan fingerprint density at radius 2 is 2.03 bits per heavy atom. The molecule has 0 aliphatic carbocycles. The molecule has 0 aromatic heterocycles. The molecule has 158 valence electrons. The molecule has 0 spiro atoms. The Morgan fingerprint density at radius 1 is 1.24 bits per heavy atom. The van der Waals surface area contributed by atoms with Crippen molar-refractivity contribution in [1.29, 1.82) is 0 Å². The van der Waals surface area contributed by atoms with Crippen LogP contribution in [0.25, 0.3) is 0 Å². The quantitative estimate of drug-likeness (QED) is 0.336. The number of hydrogen-bond acceptors (Lipinski definition) is 3. The van der Waals surface area contributed by atoms with E-state index in [-0.39, 0.29) is 29.7 Å². The molecule has 2 aromatic carbocycles. The number of guanidine groups is 1. The summed E-state index contributed by atoms with van der Waals surface area (Å²) in [5.74, 6) is 2.58. The van der Waals surface area contributed by atoms with Gasteiger partial charge >= 0.3 is 0 Å². The second-order valence-corrected chi connectivity index (χ2v) is 7.27. The molecule has 1 saturated heterocycles. The van der Waals surface area contributed by atoms with Gasteiger partial charge in [-0.1, -0.05) is 36.4 Å².